The lowest BCUT2D eigenvalue weighted by molar-refractivity contribution is -0.119. The molecule has 0 aliphatic carbocycles. The summed E-state index contributed by atoms with van der Waals surface area (Å²) >= 11 is 0. The van der Waals surface area contributed by atoms with Crippen LogP contribution in [0.15, 0.2) is 60.8 Å². The van der Waals surface area contributed by atoms with E-state index in [0.29, 0.717) is 11.3 Å². The Kier molecular flexibility index (Phi) is 4.94. The third-order valence-corrected chi connectivity index (χ3v) is 6.12. The van der Waals surface area contributed by atoms with Gasteiger partial charge in [0.2, 0.25) is 0 Å². The third kappa shape index (κ3) is 3.24. The van der Waals surface area contributed by atoms with E-state index in [1.807, 2.05) is 80.4 Å². The monoisotopic (exact) mass is 426 g/mol. The van der Waals surface area contributed by atoms with E-state index >= 15 is 0 Å². The van der Waals surface area contributed by atoms with Crippen molar-refractivity contribution in [1.29, 1.82) is 0 Å². The molecule has 2 amide bonds. The highest BCUT2D eigenvalue weighted by Gasteiger charge is 2.37. The number of para-hydroxylation sites is 2. The van der Waals surface area contributed by atoms with E-state index in [9.17, 15) is 9.59 Å². The van der Waals surface area contributed by atoms with Crippen molar-refractivity contribution in [2.75, 3.05) is 25.5 Å². The molecule has 0 radical (unpaired) electrons. The fourth-order valence-electron chi connectivity index (χ4n) is 4.62. The van der Waals surface area contributed by atoms with Gasteiger partial charge in [-0.3, -0.25) is 9.59 Å². The van der Waals surface area contributed by atoms with Gasteiger partial charge in [-0.15, -0.1) is 0 Å². The number of benzene rings is 2. The largest absolute Gasteiger partial charge is 0.357 e. The maximum absolute atomic E-state index is 13.7. The summed E-state index contributed by atoms with van der Waals surface area (Å²) in [6.07, 6.45) is 5.09. The molecular weight excluding hydrogens is 400 g/mol. The summed E-state index contributed by atoms with van der Waals surface area (Å²) in [7, 11) is 6.04. The molecule has 1 aliphatic rings. The highest BCUT2D eigenvalue weighted by Crippen LogP contribution is 2.38. The highest BCUT2D eigenvalue weighted by molar-refractivity contribution is 6.45. The molecule has 0 unspecified atom stereocenters. The molecule has 2 aromatic carbocycles. The zero-order chi connectivity index (χ0) is 22.4. The van der Waals surface area contributed by atoms with Crippen LogP contribution in [0.3, 0.4) is 0 Å². The van der Waals surface area contributed by atoms with Crippen molar-refractivity contribution in [2.45, 2.75) is 12.8 Å². The number of rotatable bonds is 6. The van der Waals surface area contributed by atoms with E-state index in [1.54, 1.807) is 0 Å². The Balaban J connectivity index is 1.58. The minimum atomic E-state index is -0.295. The summed E-state index contributed by atoms with van der Waals surface area (Å²) in [4.78, 5) is 33.8. The van der Waals surface area contributed by atoms with Crippen LogP contribution in [0.2, 0.25) is 0 Å². The number of nitrogens with one attached hydrogen (secondary N) is 1. The molecule has 0 saturated heterocycles. The molecule has 4 aromatic rings. The standard InChI is InChI=1S/C26H26N4O2/c1-28(2)14-8-12-22-25(18-10-4-6-11-21(18)27-22)30-24(31)15-19(26(30)32)20-16-29(3)23-13-7-5-9-17(20)23/h4-7,9-11,13,15-16,27H,8,12,14H2,1-3H3. The number of anilines is 1. The lowest BCUT2D eigenvalue weighted by Crippen LogP contribution is -2.31. The van der Waals surface area contributed by atoms with Gasteiger partial charge in [-0.05, 0) is 45.6 Å². The molecule has 1 aliphatic heterocycles. The van der Waals surface area contributed by atoms with E-state index in [1.165, 1.54) is 11.0 Å². The zero-order valence-corrected chi connectivity index (χ0v) is 18.6. The van der Waals surface area contributed by atoms with Crippen molar-refractivity contribution in [3.05, 3.63) is 72.1 Å². The maximum atomic E-state index is 13.7. The van der Waals surface area contributed by atoms with Crippen LogP contribution in [0.5, 0.6) is 0 Å². The molecule has 0 fully saturated rings. The molecule has 6 nitrogen and oxygen atoms in total. The van der Waals surface area contributed by atoms with Gasteiger partial charge in [0, 0.05) is 52.4 Å². The van der Waals surface area contributed by atoms with Gasteiger partial charge in [-0.1, -0.05) is 36.4 Å². The number of fused-ring (bicyclic) bond motifs is 2. The predicted octanol–water partition coefficient (Wildman–Crippen LogP) is 4.11. The van der Waals surface area contributed by atoms with Crippen molar-refractivity contribution in [1.82, 2.24) is 14.5 Å². The summed E-state index contributed by atoms with van der Waals surface area (Å²) in [6, 6.07) is 15.8. The fraction of sp³-hybridized carbons (Fsp3) is 0.231. The van der Waals surface area contributed by atoms with Crippen molar-refractivity contribution in [3.63, 3.8) is 0 Å². The second-order valence-corrected chi connectivity index (χ2v) is 8.61. The Bertz CT molecular complexity index is 1390. The maximum Gasteiger partial charge on any atom is 0.266 e. The van der Waals surface area contributed by atoms with Crippen LogP contribution in [0.4, 0.5) is 5.69 Å². The van der Waals surface area contributed by atoms with Gasteiger partial charge in [0.15, 0.2) is 0 Å². The first-order chi connectivity index (χ1) is 15.5. The molecule has 32 heavy (non-hydrogen) atoms. The van der Waals surface area contributed by atoms with Gasteiger partial charge in [0.05, 0.1) is 11.3 Å². The van der Waals surface area contributed by atoms with Crippen molar-refractivity contribution >= 4 is 44.9 Å². The molecule has 5 rings (SSSR count). The number of aromatic amines is 1. The number of amides is 2. The molecule has 0 spiro atoms. The van der Waals surface area contributed by atoms with Gasteiger partial charge in [0.1, 0.15) is 0 Å². The van der Waals surface area contributed by atoms with Crippen LogP contribution >= 0.6 is 0 Å². The number of imide groups is 1. The summed E-state index contributed by atoms with van der Waals surface area (Å²) in [5.74, 6) is -0.568. The first kappa shape index (κ1) is 20.3. The summed E-state index contributed by atoms with van der Waals surface area (Å²) in [5.41, 5.74) is 4.79. The Labute approximate surface area is 186 Å². The number of H-pyrrole nitrogens is 1. The lowest BCUT2D eigenvalue weighted by Gasteiger charge is -2.17. The Morgan fingerprint density at radius 1 is 0.969 bits per heavy atom. The number of hydrogen-bond donors (Lipinski definition) is 1. The molecule has 3 heterocycles. The molecule has 162 valence electrons. The van der Waals surface area contributed by atoms with Crippen molar-refractivity contribution in [3.8, 4) is 0 Å². The van der Waals surface area contributed by atoms with E-state index in [0.717, 1.165) is 52.4 Å². The van der Waals surface area contributed by atoms with Gasteiger partial charge >= 0.3 is 0 Å². The highest BCUT2D eigenvalue weighted by atomic mass is 16.2. The summed E-state index contributed by atoms with van der Waals surface area (Å²) in [5, 5.41) is 1.86. The number of hydrogen-bond acceptors (Lipinski definition) is 3. The SMILES string of the molecule is CN(C)CCCc1[nH]c2ccccc2c1N1C(=O)C=C(c2cn(C)c3ccccc23)C1=O. The predicted molar refractivity (Wildman–Crippen MR) is 129 cm³/mol. The fourth-order valence-corrected chi connectivity index (χ4v) is 4.62. The Morgan fingerprint density at radius 2 is 1.69 bits per heavy atom. The molecular formula is C26H26N4O2. The molecule has 6 heteroatoms. The van der Waals surface area contributed by atoms with E-state index in [-0.39, 0.29) is 11.8 Å². The number of nitrogens with zero attached hydrogens (tertiary/aromatic N) is 3. The van der Waals surface area contributed by atoms with E-state index in [2.05, 4.69) is 9.88 Å². The second kappa shape index (κ2) is 7.80. The first-order valence-electron chi connectivity index (χ1n) is 10.8. The molecule has 0 saturated carbocycles. The van der Waals surface area contributed by atoms with Crippen LogP contribution in [0.25, 0.3) is 27.4 Å². The van der Waals surface area contributed by atoms with Crippen molar-refractivity contribution < 1.29 is 9.59 Å². The molecule has 1 N–H and O–H groups in total. The Morgan fingerprint density at radius 3 is 2.47 bits per heavy atom. The zero-order valence-electron chi connectivity index (χ0n) is 18.6. The van der Waals surface area contributed by atoms with Gasteiger partial charge in [0.25, 0.3) is 11.8 Å². The van der Waals surface area contributed by atoms with Gasteiger partial charge in [-0.2, -0.15) is 0 Å². The lowest BCUT2D eigenvalue weighted by atomic mass is 10.1. The minimum absolute atomic E-state index is 0.273. The smallest absolute Gasteiger partial charge is 0.266 e. The van der Waals surface area contributed by atoms with E-state index < -0.39 is 0 Å². The number of aryl methyl sites for hydroxylation is 2. The number of aromatic nitrogens is 2. The van der Waals surface area contributed by atoms with Crippen LogP contribution in [0.1, 0.15) is 17.7 Å². The number of carbonyl (C=O) groups is 2. The van der Waals surface area contributed by atoms with Crippen molar-refractivity contribution in [2.24, 2.45) is 7.05 Å². The van der Waals surface area contributed by atoms with E-state index in [4.69, 9.17) is 0 Å². The molecule has 0 atom stereocenters. The molecule has 2 aromatic heterocycles. The topological polar surface area (TPSA) is 61.3 Å². The average Bonchev–Trinajstić information content (AvgIpc) is 3.39. The molecule has 0 bridgehead atoms. The van der Waals surface area contributed by atoms with Crippen LogP contribution in [0, 0.1) is 0 Å². The third-order valence-electron chi connectivity index (χ3n) is 6.12. The van der Waals surface area contributed by atoms with Crippen LogP contribution in [-0.4, -0.2) is 46.9 Å². The van der Waals surface area contributed by atoms with Crippen LogP contribution in [-0.2, 0) is 23.1 Å². The normalized spacial score (nSPS) is 14.4. The Hall–Kier alpha value is -3.64. The number of carbonyl (C=O) groups excluding carboxylic acids is 2. The summed E-state index contributed by atoms with van der Waals surface area (Å²) in [6.45, 7) is 0.927. The minimum Gasteiger partial charge on any atom is -0.357 e. The average molecular weight is 427 g/mol. The summed E-state index contributed by atoms with van der Waals surface area (Å²) < 4.78 is 1.99. The quantitative estimate of drug-likeness (QED) is 0.472. The van der Waals surface area contributed by atoms with Gasteiger partial charge < -0.3 is 14.5 Å². The van der Waals surface area contributed by atoms with Gasteiger partial charge in [-0.25, -0.2) is 4.90 Å². The first-order valence-corrected chi connectivity index (χ1v) is 10.8. The van der Waals surface area contributed by atoms with Crippen LogP contribution < -0.4 is 4.90 Å². The second-order valence-electron chi connectivity index (χ2n) is 8.61.